The van der Waals surface area contributed by atoms with Crippen molar-refractivity contribution in [1.82, 2.24) is 25.0 Å². The van der Waals surface area contributed by atoms with Crippen LogP contribution in [0.1, 0.15) is 45.3 Å². The zero-order valence-electron chi connectivity index (χ0n) is 18.1. The summed E-state index contributed by atoms with van der Waals surface area (Å²) in [5.74, 6) is -0.560. The van der Waals surface area contributed by atoms with Crippen molar-refractivity contribution in [3.8, 4) is 0 Å². The van der Waals surface area contributed by atoms with Gasteiger partial charge in [0.15, 0.2) is 38.0 Å². The van der Waals surface area contributed by atoms with Gasteiger partial charge in [0.1, 0.15) is 18.3 Å². The second-order valence-corrected chi connectivity index (χ2v) is 13.2. The highest BCUT2D eigenvalue weighted by Gasteiger charge is 2.49. The predicted molar refractivity (Wildman–Crippen MR) is 120 cm³/mol. The summed E-state index contributed by atoms with van der Waals surface area (Å²) in [6.45, 7) is 1.33. The van der Waals surface area contributed by atoms with E-state index in [-0.39, 0.29) is 28.9 Å². The minimum Gasteiger partial charge on any atom is -0.387 e. The van der Waals surface area contributed by atoms with Gasteiger partial charge in [0.25, 0.3) is 0 Å². The molecule has 0 amide bonds. The van der Waals surface area contributed by atoms with Crippen LogP contribution in [0.4, 0.5) is 5.82 Å². The second kappa shape index (κ2) is 9.54. The number of aliphatic hydroxyl groups excluding tert-OH is 2. The quantitative estimate of drug-likeness (QED) is 0.223. The van der Waals surface area contributed by atoms with Crippen LogP contribution in [0.15, 0.2) is 0 Å². The highest BCUT2D eigenvalue weighted by Crippen LogP contribution is 2.46. The standard InChI is InChI=1S/C17H26ClN6O8PS/c1-2-10(33(27,28)29)34(30,31)7-9-12(25)13(26)16(32-9)24-15-11(22-23-24)14(20-17(18)21-15)19-8-5-3-4-6-8/h8-10,12-13,16,25-26H,2-7H2,1H3,(H,19,20,21)(H2,27,28,29)/t9-,10?,12-,13-,16-/m1/s1. The summed E-state index contributed by atoms with van der Waals surface area (Å²) in [5.41, 5.74) is 0.354. The molecule has 2 aliphatic rings. The molecule has 190 valence electrons. The molecule has 1 saturated heterocycles. The fourth-order valence-corrected chi connectivity index (χ4v) is 8.48. The zero-order valence-corrected chi connectivity index (χ0v) is 20.6. The molecule has 2 fully saturated rings. The van der Waals surface area contributed by atoms with Crippen molar-refractivity contribution in [2.24, 2.45) is 0 Å². The first-order chi connectivity index (χ1) is 15.9. The molecule has 0 bridgehead atoms. The Bertz CT molecular complexity index is 1200. The van der Waals surface area contributed by atoms with Crippen molar-refractivity contribution in [3.63, 3.8) is 0 Å². The van der Waals surface area contributed by atoms with Crippen LogP contribution in [0.25, 0.3) is 11.2 Å². The molecule has 5 N–H and O–H groups in total. The summed E-state index contributed by atoms with van der Waals surface area (Å²) in [7, 11) is -9.36. The number of rotatable bonds is 8. The van der Waals surface area contributed by atoms with Crippen LogP contribution in [0.3, 0.4) is 0 Å². The van der Waals surface area contributed by atoms with E-state index in [0.717, 1.165) is 30.4 Å². The van der Waals surface area contributed by atoms with Gasteiger partial charge in [0, 0.05) is 6.04 Å². The Morgan fingerprint density at radius 3 is 2.53 bits per heavy atom. The van der Waals surface area contributed by atoms with Crippen molar-refractivity contribution in [1.29, 1.82) is 0 Å². The van der Waals surface area contributed by atoms with Gasteiger partial charge in [-0.15, -0.1) is 5.10 Å². The topological polar surface area (TPSA) is 210 Å². The number of ether oxygens (including phenoxy) is 1. The summed E-state index contributed by atoms with van der Waals surface area (Å²) in [4.78, 5) is 25.1. The lowest BCUT2D eigenvalue weighted by molar-refractivity contribution is -0.0375. The fraction of sp³-hybridized carbons (Fsp3) is 0.765. The third-order valence-electron chi connectivity index (χ3n) is 6.11. The molecular weight excluding hydrogens is 515 g/mol. The molecule has 5 atom stereocenters. The number of aliphatic hydroxyl groups is 2. The Hall–Kier alpha value is -1.45. The first-order valence-electron chi connectivity index (χ1n) is 10.8. The van der Waals surface area contributed by atoms with Crippen molar-refractivity contribution >= 4 is 46.0 Å². The lowest BCUT2D eigenvalue weighted by Gasteiger charge is -2.20. The number of sulfone groups is 1. The molecule has 1 aliphatic carbocycles. The van der Waals surface area contributed by atoms with Gasteiger partial charge in [0.2, 0.25) is 5.28 Å². The molecule has 2 aromatic rings. The molecule has 0 spiro atoms. The minimum absolute atomic E-state index is 0.0990. The highest BCUT2D eigenvalue weighted by molar-refractivity contribution is 7.98. The second-order valence-electron chi connectivity index (χ2n) is 8.50. The molecule has 1 saturated carbocycles. The summed E-state index contributed by atoms with van der Waals surface area (Å²) in [6.07, 6.45) is -2.41. The number of anilines is 1. The lowest BCUT2D eigenvalue weighted by atomic mass is 10.1. The summed E-state index contributed by atoms with van der Waals surface area (Å²) in [6, 6.07) is 0.185. The van der Waals surface area contributed by atoms with Gasteiger partial charge in [0.05, 0.1) is 5.75 Å². The summed E-state index contributed by atoms with van der Waals surface area (Å²) in [5, 5.41) is 32.2. The highest BCUT2D eigenvalue weighted by atomic mass is 35.5. The van der Waals surface area contributed by atoms with Gasteiger partial charge in [-0.2, -0.15) is 14.6 Å². The van der Waals surface area contributed by atoms with Gasteiger partial charge >= 0.3 is 7.60 Å². The van der Waals surface area contributed by atoms with Crippen LogP contribution in [0.5, 0.6) is 0 Å². The van der Waals surface area contributed by atoms with Crippen LogP contribution < -0.4 is 5.32 Å². The van der Waals surface area contributed by atoms with Crippen LogP contribution in [-0.4, -0.2) is 88.5 Å². The molecule has 0 aromatic carbocycles. The number of hydrogen-bond donors (Lipinski definition) is 5. The average Bonchev–Trinajstić information content (AvgIpc) is 3.44. The van der Waals surface area contributed by atoms with Crippen molar-refractivity contribution in [2.45, 2.75) is 74.6 Å². The van der Waals surface area contributed by atoms with Gasteiger partial charge in [-0.05, 0) is 30.9 Å². The molecule has 14 nitrogen and oxygen atoms in total. The molecule has 34 heavy (non-hydrogen) atoms. The van der Waals surface area contributed by atoms with Crippen molar-refractivity contribution in [3.05, 3.63) is 5.28 Å². The monoisotopic (exact) mass is 540 g/mol. The molecule has 4 rings (SSSR count). The van der Waals surface area contributed by atoms with Crippen LogP contribution in [0, 0.1) is 0 Å². The van der Waals surface area contributed by atoms with Gasteiger partial charge < -0.3 is 30.1 Å². The lowest BCUT2D eigenvalue weighted by Crippen LogP contribution is -2.38. The minimum atomic E-state index is -4.96. The number of halogens is 1. The van der Waals surface area contributed by atoms with Crippen LogP contribution >= 0.6 is 19.2 Å². The zero-order chi connectivity index (χ0) is 24.8. The first-order valence-corrected chi connectivity index (χ1v) is 14.5. The smallest absolute Gasteiger partial charge is 0.343 e. The third kappa shape index (κ3) is 4.93. The maximum Gasteiger partial charge on any atom is 0.343 e. The van der Waals surface area contributed by atoms with Gasteiger partial charge in [-0.3, -0.25) is 4.57 Å². The van der Waals surface area contributed by atoms with E-state index in [0.29, 0.717) is 5.82 Å². The number of nitrogens with zero attached hydrogens (tertiary/aromatic N) is 5. The number of aromatic nitrogens is 5. The van der Waals surface area contributed by atoms with E-state index in [4.69, 9.17) is 16.3 Å². The normalized spacial score (nSPS) is 27.5. The SMILES string of the molecule is CCC(P(=O)(O)O)S(=O)(=O)C[C@H]1O[C@@H](n2nnc3c(NC4CCCC4)nc(Cl)nc32)[C@H](O)[C@@H]1O. The molecule has 0 radical (unpaired) electrons. The Labute approximate surface area is 199 Å². The molecular formula is C17H26ClN6O8PS. The van der Waals surface area contributed by atoms with Crippen LogP contribution in [0.2, 0.25) is 5.28 Å². The maximum absolute atomic E-state index is 12.6. The Morgan fingerprint density at radius 1 is 1.24 bits per heavy atom. The average molecular weight is 541 g/mol. The van der Waals surface area contributed by atoms with E-state index in [1.807, 2.05) is 0 Å². The van der Waals surface area contributed by atoms with Gasteiger partial charge in [-0.1, -0.05) is 25.0 Å². The molecule has 1 unspecified atom stereocenters. The summed E-state index contributed by atoms with van der Waals surface area (Å²) >= 11 is 6.08. The van der Waals surface area contributed by atoms with E-state index >= 15 is 0 Å². The van der Waals surface area contributed by atoms with E-state index in [1.165, 1.54) is 6.92 Å². The van der Waals surface area contributed by atoms with E-state index in [1.54, 1.807) is 0 Å². The molecule has 2 aromatic heterocycles. The largest absolute Gasteiger partial charge is 0.387 e. The third-order valence-corrected chi connectivity index (χ3v) is 11.1. The molecule has 3 heterocycles. The van der Waals surface area contributed by atoms with Crippen molar-refractivity contribution in [2.75, 3.05) is 11.1 Å². The Balaban J connectivity index is 1.61. The fourth-order valence-electron chi connectivity index (χ4n) is 4.45. The number of nitrogens with one attached hydrogen (secondary N) is 1. The van der Waals surface area contributed by atoms with E-state index in [2.05, 4.69) is 25.6 Å². The van der Waals surface area contributed by atoms with E-state index in [9.17, 15) is 33.0 Å². The maximum atomic E-state index is 12.6. The number of hydrogen-bond acceptors (Lipinski definition) is 11. The number of fused-ring (bicyclic) bond motifs is 1. The van der Waals surface area contributed by atoms with Gasteiger partial charge in [-0.25, -0.2) is 8.42 Å². The van der Waals surface area contributed by atoms with Crippen molar-refractivity contribution < 1.29 is 37.7 Å². The predicted octanol–water partition coefficient (Wildman–Crippen LogP) is 0.177. The summed E-state index contributed by atoms with van der Waals surface area (Å²) < 4.78 is 43.6. The Kier molecular flexibility index (Phi) is 7.20. The van der Waals surface area contributed by atoms with Crippen LogP contribution in [-0.2, 0) is 19.1 Å². The van der Waals surface area contributed by atoms with E-state index < -0.39 is 52.7 Å². The molecule has 17 heteroatoms. The Morgan fingerprint density at radius 2 is 1.91 bits per heavy atom. The molecule has 1 aliphatic heterocycles. The first kappa shape index (κ1) is 25.6.